The third kappa shape index (κ3) is 3.62. The number of carbonyl (C=O) groups is 1. The van der Waals surface area contributed by atoms with Gasteiger partial charge in [-0.2, -0.15) is 5.10 Å². The van der Waals surface area contributed by atoms with Crippen LogP contribution in [0.1, 0.15) is 27.2 Å². The van der Waals surface area contributed by atoms with E-state index in [4.69, 9.17) is 11.6 Å². The number of nitrogens with one attached hydrogen (secondary N) is 1. The molecule has 1 amide bonds. The average molecular weight is 429 g/mol. The van der Waals surface area contributed by atoms with Gasteiger partial charge in [-0.1, -0.05) is 54.1 Å². The Morgan fingerprint density at radius 1 is 1.06 bits per heavy atom. The number of nitrogens with zero attached hydrogens (tertiary/aromatic N) is 3. The monoisotopic (exact) mass is 428 g/mol. The SMILES string of the molecule is CN(Cc1ccccc1)C(=O)c1n[nH]c2c1-c1ncccc1CCc1cc(Cl)ccc1-2. The summed E-state index contributed by atoms with van der Waals surface area (Å²) in [6, 6.07) is 19.8. The van der Waals surface area contributed by atoms with Crippen LogP contribution in [-0.2, 0) is 19.4 Å². The molecule has 2 aromatic heterocycles. The summed E-state index contributed by atoms with van der Waals surface area (Å²) >= 11 is 6.27. The fourth-order valence-corrected chi connectivity index (χ4v) is 4.37. The third-order valence-corrected chi connectivity index (χ3v) is 5.94. The van der Waals surface area contributed by atoms with Crippen molar-refractivity contribution in [1.82, 2.24) is 20.1 Å². The molecule has 31 heavy (non-hydrogen) atoms. The quantitative estimate of drug-likeness (QED) is 0.490. The Balaban J connectivity index is 1.63. The average Bonchev–Trinajstić information content (AvgIpc) is 3.21. The highest BCUT2D eigenvalue weighted by molar-refractivity contribution is 6.30. The molecule has 2 heterocycles. The number of aromatic nitrogens is 3. The molecule has 0 saturated heterocycles. The Bertz CT molecular complexity index is 1270. The molecule has 5 rings (SSSR count). The zero-order valence-electron chi connectivity index (χ0n) is 17.1. The number of halogens is 1. The summed E-state index contributed by atoms with van der Waals surface area (Å²) in [5.41, 5.74) is 7.05. The minimum Gasteiger partial charge on any atom is -0.336 e. The Morgan fingerprint density at radius 2 is 1.87 bits per heavy atom. The van der Waals surface area contributed by atoms with Gasteiger partial charge >= 0.3 is 0 Å². The van der Waals surface area contributed by atoms with Crippen molar-refractivity contribution in [3.05, 3.63) is 94.3 Å². The van der Waals surface area contributed by atoms with E-state index in [1.165, 1.54) is 0 Å². The molecule has 0 unspecified atom stereocenters. The first kappa shape index (κ1) is 19.5. The van der Waals surface area contributed by atoms with Gasteiger partial charge in [-0.3, -0.25) is 14.9 Å². The van der Waals surface area contributed by atoms with Crippen LogP contribution >= 0.6 is 11.6 Å². The molecule has 0 fully saturated rings. The second-order valence-electron chi connectivity index (χ2n) is 7.78. The number of hydrogen-bond donors (Lipinski definition) is 1. The maximum atomic E-state index is 13.5. The second-order valence-corrected chi connectivity index (χ2v) is 8.22. The van der Waals surface area contributed by atoms with Crippen LogP contribution in [0.2, 0.25) is 5.02 Å². The molecule has 0 bridgehead atoms. The summed E-state index contributed by atoms with van der Waals surface area (Å²) in [5, 5.41) is 8.30. The highest BCUT2D eigenvalue weighted by Gasteiger charge is 2.29. The Hall–Kier alpha value is -3.44. The maximum absolute atomic E-state index is 13.5. The Morgan fingerprint density at radius 3 is 2.71 bits per heavy atom. The fourth-order valence-electron chi connectivity index (χ4n) is 4.18. The fraction of sp³-hybridized carbons (Fsp3) is 0.160. The summed E-state index contributed by atoms with van der Waals surface area (Å²) < 4.78 is 0. The molecule has 1 aliphatic rings. The smallest absolute Gasteiger partial charge is 0.275 e. The summed E-state index contributed by atoms with van der Waals surface area (Å²) in [7, 11) is 1.80. The van der Waals surface area contributed by atoms with E-state index in [0.717, 1.165) is 52.0 Å². The number of amides is 1. The number of H-pyrrole nitrogens is 1. The lowest BCUT2D eigenvalue weighted by Gasteiger charge is -2.19. The van der Waals surface area contributed by atoms with Crippen molar-refractivity contribution in [2.45, 2.75) is 19.4 Å². The zero-order valence-corrected chi connectivity index (χ0v) is 17.9. The number of aromatic amines is 1. The molecule has 1 aliphatic carbocycles. The number of aryl methyl sites for hydroxylation is 2. The van der Waals surface area contributed by atoms with E-state index in [9.17, 15) is 4.79 Å². The molecule has 6 heteroatoms. The third-order valence-electron chi connectivity index (χ3n) is 5.71. The first-order valence-electron chi connectivity index (χ1n) is 10.2. The lowest BCUT2D eigenvalue weighted by atomic mass is 9.89. The zero-order chi connectivity index (χ0) is 21.4. The van der Waals surface area contributed by atoms with Crippen molar-refractivity contribution >= 4 is 17.5 Å². The molecule has 0 atom stereocenters. The van der Waals surface area contributed by atoms with E-state index in [1.807, 2.05) is 54.6 Å². The summed E-state index contributed by atoms with van der Waals surface area (Å²) in [5.74, 6) is -0.144. The van der Waals surface area contributed by atoms with Crippen LogP contribution in [0.5, 0.6) is 0 Å². The molecule has 1 N–H and O–H groups in total. The minimum atomic E-state index is -0.144. The van der Waals surface area contributed by atoms with Crippen molar-refractivity contribution in [2.75, 3.05) is 7.05 Å². The van der Waals surface area contributed by atoms with Gasteiger partial charge in [-0.25, -0.2) is 0 Å². The van der Waals surface area contributed by atoms with Gasteiger partial charge in [0, 0.05) is 30.4 Å². The van der Waals surface area contributed by atoms with Crippen LogP contribution < -0.4 is 0 Å². The molecule has 4 aromatic rings. The first-order valence-corrected chi connectivity index (χ1v) is 10.6. The number of pyridine rings is 1. The first-order chi connectivity index (χ1) is 15.1. The summed E-state index contributed by atoms with van der Waals surface area (Å²) in [6.07, 6.45) is 3.42. The van der Waals surface area contributed by atoms with Gasteiger partial charge in [-0.15, -0.1) is 0 Å². The number of rotatable bonds is 3. The van der Waals surface area contributed by atoms with Crippen molar-refractivity contribution in [2.24, 2.45) is 0 Å². The van der Waals surface area contributed by atoms with E-state index >= 15 is 0 Å². The lowest BCUT2D eigenvalue weighted by Crippen LogP contribution is -2.27. The molecule has 5 nitrogen and oxygen atoms in total. The topological polar surface area (TPSA) is 61.9 Å². The van der Waals surface area contributed by atoms with Crippen LogP contribution in [0.25, 0.3) is 22.5 Å². The van der Waals surface area contributed by atoms with E-state index in [0.29, 0.717) is 17.3 Å². The van der Waals surface area contributed by atoms with Gasteiger partial charge in [0.15, 0.2) is 5.69 Å². The predicted molar refractivity (Wildman–Crippen MR) is 122 cm³/mol. The van der Waals surface area contributed by atoms with Crippen LogP contribution in [0.3, 0.4) is 0 Å². The second kappa shape index (κ2) is 8.00. The number of carbonyl (C=O) groups excluding carboxylic acids is 1. The Labute approximate surface area is 185 Å². The minimum absolute atomic E-state index is 0.144. The highest BCUT2D eigenvalue weighted by Crippen LogP contribution is 2.39. The van der Waals surface area contributed by atoms with E-state index in [2.05, 4.69) is 21.2 Å². The molecule has 0 radical (unpaired) electrons. The van der Waals surface area contributed by atoms with Gasteiger partial charge in [0.1, 0.15) is 0 Å². The van der Waals surface area contributed by atoms with Gasteiger partial charge in [0.25, 0.3) is 5.91 Å². The van der Waals surface area contributed by atoms with Crippen LogP contribution in [0.4, 0.5) is 0 Å². The number of hydrogen-bond acceptors (Lipinski definition) is 3. The predicted octanol–water partition coefficient (Wildman–Crippen LogP) is 5.16. The van der Waals surface area contributed by atoms with Crippen molar-refractivity contribution in [3.8, 4) is 22.5 Å². The van der Waals surface area contributed by atoms with Crippen molar-refractivity contribution < 1.29 is 4.79 Å². The number of benzene rings is 2. The molecule has 154 valence electrons. The van der Waals surface area contributed by atoms with Crippen LogP contribution in [-0.4, -0.2) is 33.0 Å². The molecular formula is C25H21ClN4O. The molecule has 2 aromatic carbocycles. The lowest BCUT2D eigenvalue weighted by molar-refractivity contribution is 0.0780. The standard InChI is InChI=1S/C25H21ClN4O/c1-30(15-16-6-3-2-4-7-16)25(31)24-21-22-17(8-5-13-27-22)9-10-18-14-19(26)11-12-20(18)23(21)28-29-24/h2-8,11-14H,9-10,15H2,1H3,(H,28,29). The number of fused-ring (bicyclic) bond motifs is 5. The largest absolute Gasteiger partial charge is 0.336 e. The van der Waals surface area contributed by atoms with Gasteiger partial charge in [-0.05, 0) is 47.7 Å². The van der Waals surface area contributed by atoms with Gasteiger partial charge < -0.3 is 4.90 Å². The van der Waals surface area contributed by atoms with Crippen LogP contribution in [0, 0.1) is 0 Å². The summed E-state index contributed by atoms with van der Waals surface area (Å²) in [6.45, 7) is 0.503. The van der Waals surface area contributed by atoms with Crippen molar-refractivity contribution in [1.29, 1.82) is 0 Å². The highest BCUT2D eigenvalue weighted by atomic mass is 35.5. The summed E-state index contributed by atoms with van der Waals surface area (Å²) in [4.78, 5) is 19.8. The van der Waals surface area contributed by atoms with E-state index in [1.54, 1.807) is 18.1 Å². The molecular weight excluding hydrogens is 408 g/mol. The van der Waals surface area contributed by atoms with Gasteiger partial charge in [0.05, 0.1) is 17.0 Å². The molecule has 0 aliphatic heterocycles. The van der Waals surface area contributed by atoms with Crippen molar-refractivity contribution in [3.63, 3.8) is 0 Å². The van der Waals surface area contributed by atoms with E-state index < -0.39 is 0 Å². The normalized spacial score (nSPS) is 12.2. The molecule has 0 saturated carbocycles. The van der Waals surface area contributed by atoms with E-state index in [-0.39, 0.29) is 5.91 Å². The maximum Gasteiger partial charge on any atom is 0.275 e. The van der Waals surface area contributed by atoms with Gasteiger partial charge in [0.2, 0.25) is 0 Å². The van der Waals surface area contributed by atoms with Crippen LogP contribution in [0.15, 0.2) is 66.9 Å². The molecule has 0 spiro atoms. The Kier molecular flexibility index (Phi) is 5.04.